The van der Waals surface area contributed by atoms with Crippen LogP contribution in [0.1, 0.15) is 6.92 Å². The fourth-order valence-electron chi connectivity index (χ4n) is 2.16. The fraction of sp³-hybridized carbons (Fsp3) is 0.385. The zero-order valence-electron chi connectivity index (χ0n) is 10.6. The summed E-state index contributed by atoms with van der Waals surface area (Å²) in [5, 5.41) is 0.528. The first kappa shape index (κ1) is 13.6. The van der Waals surface area contributed by atoms with Gasteiger partial charge in [0, 0.05) is 38.1 Å². The second kappa shape index (κ2) is 5.87. The Morgan fingerprint density at radius 1 is 1.32 bits per heavy atom. The largest absolute Gasteiger partial charge is 0.366 e. The van der Waals surface area contributed by atoms with E-state index in [1.807, 2.05) is 6.07 Å². The van der Waals surface area contributed by atoms with Gasteiger partial charge in [0.1, 0.15) is 5.69 Å². The van der Waals surface area contributed by atoms with Gasteiger partial charge in [-0.2, -0.15) is 4.99 Å². The third-order valence-electron chi connectivity index (χ3n) is 3.17. The van der Waals surface area contributed by atoms with Gasteiger partial charge in [-0.3, -0.25) is 4.79 Å². The average molecular weight is 280 g/mol. The van der Waals surface area contributed by atoms with Crippen LogP contribution in [0.3, 0.4) is 0 Å². The Balaban J connectivity index is 2.19. The maximum absolute atomic E-state index is 11.3. The van der Waals surface area contributed by atoms with E-state index in [2.05, 4.69) is 9.89 Å². The highest BCUT2D eigenvalue weighted by Crippen LogP contribution is 2.31. The summed E-state index contributed by atoms with van der Waals surface area (Å²) < 4.78 is 0. The second-order valence-electron chi connectivity index (χ2n) is 4.33. The number of anilines is 1. The van der Waals surface area contributed by atoms with Crippen LogP contribution in [0, 0.1) is 0 Å². The summed E-state index contributed by atoms with van der Waals surface area (Å²) in [6.45, 7) is 4.33. The van der Waals surface area contributed by atoms with Crippen molar-refractivity contribution in [3.05, 3.63) is 23.2 Å². The minimum atomic E-state index is 0.0851. The van der Waals surface area contributed by atoms with E-state index in [1.165, 1.54) is 0 Å². The first-order chi connectivity index (χ1) is 9.11. The van der Waals surface area contributed by atoms with Gasteiger partial charge in [0.2, 0.25) is 12.0 Å². The van der Waals surface area contributed by atoms with Crippen LogP contribution in [0.25, 0.3) is 0 Å². The molecule has 1 aromatic rings. The third-order valence-corrected chi connectivity index (χ3v) is 3.40. The van der Waals surface area contributed by atoms with Crippen molar-refractivity contribution in [2.75, 3.05) is 31.1 Å². The Morgan fingerprint density at radius 3 is 2.58 bits per heavy atom. The van der Waals surface area contributed by atoms with E-state index in [9.17, 15) is 9.59 Å². The SMILES string of the molecule is CC(=O)N1CCN(c2ccc(Cl)cc2N=C=O)CC1. The zero-order chi connectivity index (χ0) is 13.8. The van der Waals surface area contributed by atoms with E-state index < -0.39 is 0 Å². The molecule has 1 heterocycles. The molecule has 0 aliphatic carbocycles. The van der Waals surface area contributed by atoms with Crippen molar-refractivity contribution in [2.24, 2.45) is 4.99 Å². The highest BCUT2D eigenvalue weighted by molar-refractivity contribution is 6.31. The molecule has 0 atom stereocenters. The summed E-state index contributed by atoms with van der Waals surface area (Å²) in [5.74, 6) is 0.0851. The van der Waals surface area contributed by atoms with Crippen LogP contribution >= 0.6 is 11.6 Å². The Labute approximate surface area is 116 Å². The zero-order valence-corrected chi connectivity index (χ0v) is 11.4. The van der Waals surface area contributed by atoms with Crippen molar-refractivity contribution in [1.82, 2.24) is 4.90 Å². The predicted octanol–water partition coefficient (Wildman–Crippen LogP) is 1.98. The summed E-state index contributed by atoms with van der Waals surface area (Å²) in [7, 11) is 0. The highest BCUT2D eigenvalue weighted by Gasteiger charge is 2.20. The molecule has 1 fully saturated rings. The Bertz CT molecular complexity index is 533. The standard InChI is InChI=1S/C13H14ClN3O2/c1-10(19)16-4-6-17(7-5-16)13-3-2-11(14)8-12(13)15-9-18/h2-3,8H,4-7H2,1H3. The molecule has 0 saturated carbocycles. The second-order valence-corrected chi connectivity index (χ2v) is 4.77. The lowest BCUT2D eigenvalue weighted by Gasteiger charge is -2.36. The molecule has 0 spiro atoms. The van der Waals surface area contributed by atoms with Crippen LogP contribution in [0.15, 0.2) is 23.2 Å². The molecule has 1 aliphatic rings. The molecule has 6 heteroatoms. The molecule has 0 aromatic heterocycles. The van der Waals surface area contributed by atoms with Crippen molar-refractivity contribution in [1.29, 1.82) is 0 Å². The molecule has 0 bridgehead atoms. The number of isocyanates is 1. The first-order valence-corrected chi connectivity index (χ1v) is 6.37. The summed E-state index contributed by atoms with van der Waals surface area (Å²) >= 11 is 5.89. The molecule has 1 amide bonds. The van der Waals surface area contributed by atoms with Crippen molar-refractivity contribution in [3.63, 3.8) is 0 Å². The number of aliphatic imine (C=N–C) groups is 1. The normalized spacial score (nSPS) is 15.1. The predicted molar refractivity (Wildman–Crippen MR) is 73.7 cm³/mol. The summed E-state index contributed by atoms with van der Waals surface area (Å²) in [6.07, 6.45) is 1.54. The van der Waals surface area contributed by atoms with Gasteiger partial charge in [0.15, 0.2) is 0 Å². The lowest BCUT2D eigenvalue weighted by Crippen LogP contribution is -2.48. The van der Waals surface area contributed by atoms with Crippen molar-refractivity contribution in [2.45, 2.75) is 6.92 Å². The summed E-state index contributed by atoms with van der Waals surface area (Å²) in [6, 6.07) is 5.24. The lowest BCUT2D eigenvalue weighted by molar-refractivity contribution is -0.129. The summed E-state index contributed by atoms with van der Waals surface area (Å²) in [5.41, 5.74) is 1.36. The molecule has 19 heavy (non-hydrogen) atoms. The van der Waals surface area contributed by atoms with Crippen LogP contribution in [-0.2, 0) is 9.59 Å². The number of rotatable bonds is 2. The van der Waals surface area contributed by atoms with E-state index >= 15 is 0 Å². The molecule has 1 aliphatic heterocycles. The quantitative estimate of drug-likeness (QED) is 0.614. The minimum absolute atomic E-state index is 0.0851. The molecule has 1 saturated heterocycles. The third kappa shape index (κ3) is 3.13. The topological polar surface area (TPSA) is 53.0 Å². The van der Waals surface area contributed by atoms with Gasteiger partial charge in [-0.25, -0.2) is 4.79 Å². The van der Waals surface area contributed by atoms with Gasteiger partial charge in [-0.05, 0) is 18.2 Å². The van der Waals surface area contributed by atoms with Crippen LogP contribution in [0.2, 0.25) is 5.02 Å². The number of amides is 1. The average Bonchev–Trinajstić information content (AvgIpc) is 2.39. The van der Waals surface area contributed by atoms with Crippen LogP contribution in [0.4, 0.5) is 11.4 Å². The van der Waals surface area contributed by atoms with Crippen LogP contribution in [-0.4, -0.2) is 43.1 Å². The number of halogens is 1. The molecular formula is C13H14ClN3O2. The molecular weight excluding hydrogens is 266 g/mol. The van der Waals surface area contributed by atoms with E-state index in [0.717, 1.165) is 5.69 Å². The fourth-order valence-corrected chi connectivity index (χ4v) is 2.33. The van der Waals surface area contributed by atoms with E-state index in [4.69, 9.17) is 11.6 Å². The number of hydrogen-bond donors (Lipinski definition) is 0. The Morgan fingerprint density at radius 2 is 2.00 bits per heavy atom. The van der Waals surface area contributed by atoms with Crippen molar-refractivity contribution >= 4 is 35.0 Å². The Hall–Kier alpha value is -1.84. The molecule has 5 nitrogen and oxygen atoms in total. The number of piperazine rings is 1. The van der Waals surface area contributed by atoms with Gasteiger partial charge in [0.05, 0.1) is 5.69 Å². The van der Waals surface area contributed by atoms with Gasteiger partial charge >= 0.3 is 0 Å². The molecule has 0 unspecified atom stereocenters. The molecule has 2 rings (SSSR count). The molecule has 100 valence electrons. The molecule has 0 N–H and O–H groups in total. The van der Waals surface area contributed by atoms with E-state index in [-0.39, 0.29) is 5.91 Å². The smallest absolute Gasteiger partial charge is 0.240 e. The summed E-state index contributed by atoms with van der Waals surface area (Å²) in [4.78, 5) is 29.3. The minimum Gasteiger partial charge on any atom is -0.366 e. The van der Waals surface area contributed by atoms with E-state index in [1.54, 1.807) is 30.0 Å². The van der Waals surface area contributed by atoms with Crippen molar-refractivity contribution in [3.8, 4) is 0 Å². The van der Waals surface area contributed by atoms with Gasteiger partial charge in [0.25, 0.3) is 0 Å². The van der Waals surface area contributed by atoms with Crippen molar-refractivity contribution < 1.29 is 9.59 Å². The van der Waals surface area contributed by atoms with Crippen LogP contribution in [0.5, 0.6) is 0 Å². The Kier molecular flexibility index (Phi) is 4.20. The van der Waals surface area contributed by atoms with E-state index in [0.29, 0.717) is 36.9 Å². The first-order valence-electron chi connectivity index (χ1n) is 5.99. The number of carbonyl (C=O) groups excluding carboxylic acids is 2. The van der Waals surface area contributed by atoms with Crippen LogP contribution < -0.4 is 4.90 Å². The number of carbonyl (C=O) groups is 1. The van der Waals surface area contributed by atoms with Gasteiger partial charge < -0.3 is 9.80 Å². The van der Waals surface area contributed by atoms with Gasteiger partial charge in [-0.15, -0.1) is 0 Å². The maximum Gasteiger partial charge on any atom is 0.240 e. The number of benzene rings is 1. The number of hydrogen-bond acceptors (Lipinski definition) is 4. The number of nitrogens with zero attached hydrogens (tertiary/aromatic N) is 3. The van der Waals surface area contributed by atoms with Gasteiger partial charge in [-0.1, -0.05) is 11.6 Å². The maximum atomic E-state index is 11.3. The molecule has 1 aromatic carbocycles. The molecule has 0 radical (unpaired) electrons. The highest BCUT2D eigenvalue weighted by atomic mass is 35.5. The monoisotopic (exact) mass is 279 g/mol. The lowest BCUT2D eigenvalue weighted by atomic mass is 10.2.